The monoisotopic (exact) mass is 250 g/mol. The summed E-state index contributed by atoms with van der Waals surface area (Å²) in [7, 11) is 0. The molecule has 0 spiro atoms. The van der Waals surface area contributed by atoms with Crippen molar-refractivity contribution < 1.29 is 4.42 Å². The zero-order valence-electron chi connectivity index (χ0n) is 11.9. The van der Waals surface area contributed by atoms with Gasteiger partial charge < -0.3 is 9.73 Å². The summed E-state index contributed by atoms with van der Waals surface area (Å²) in [4.78, 5) is 2.54. The molecule has 0 aromatic carbocycles. The minimum atomic E-state index is 0.515. The second-order valence-electron chi connectivity index (χ2n) is 5.72. The van der Waals surface area contributed by atoms with Gasteiger partial charge in [0.15, 0.2) is 0 Å². The number of nitrogens with one attached hydrogen (secondary N) is 1. The van der Waals surface area contributed by atoms with Gasteiger partial charge in [0, 0.05) is 24.2 Å². The van der Waals surface area contributed by atoms with Crippen LogP contribution < -0.4 is 5.32 Å². The minimum Gasteiger partial charge on any atom is -0.468 e. The molecule has 0 bridgehead atoms. The normalized spacial score (nSPS) is 21.7. The molecule has 0 amide bonds. The molecular weight excluding hydrogens is 224 g/mol. The van der Waals surface area contributed by atoms with Gasteiger partial charge in [-0.15, -0.1) is 0 Å². The second kappa shape index (κ2) is 6.39. The first-order valence-electron chi connectivity index (χ1n) is 7.19. The molecule has 1 N–H and O–H groups in total. The zero-order chi connectivity index (χ0) is 13.0. The Balaban J connectivity index is 1.94. The van der Waals surface area contributed by atoms with Crippen molar-refractivity contribution in [2.75, 3.05) is 6.54 Å². The number of likely N-dealkylation sites (tertiary alicyclic amines) is 1. The number of hydrogen-bond donors (Lipinski definition) is 1. The number of piperidine rings is 1. The molecule has 2 rings (SSSR count). The number of hydrogen-bond acceptors (Lipinski definition) is 3. The van der Waals surface area contributed by atoms with Gasteiger partial charge in [-0.2, -0.15) is 0 Å². The van der Waals surface area contributed by atoms with Crippen molar-refractivity contribution in [2.24, 2.45) is 0 Å². The van der Waals surface area contributed by atoms with Crippen LogP contribution in [0.25, 0.3) is 0 Å². The van der Waals surface area contributed by atoms with Gasteiger partial charge in [-0.05, 0) is 32.4 Å². The molecule has 1 saturated heterocycles. The van der Waals surface area contributed by atoms with Crippen molar-refractivity contribution >= 4 is 0 Å². The third-order valence-electron chi connectivity index (χ3n) is 3.83. The molecule has 1 aliphatic rings. The standard InChI is InChI=1S/C15H26N2O/c1-12(2)16-10-14-7-9-18-15(14)11-17-8-5-4-6-13(17)3/h7,9,12-13,16H,4-6,8,10-11H2,1-3H3. The summed E-state index contributed by atoms with van der Waals surface area (Å²) >= 11 is 0. The van der Waals surface area contributed by atoms with Crippen molar-refractivity contribution in [1.29, 1.82) is 0 Å². The van der Waals surface area contributed by atoms with Crippen molar-refractivity contribution in [3.05, 3.63) is 23.7 Å². The number of rotatable bonds is 5. The number of furan rings is 1. The maximum atomic E-state index is 5.67. The lowest BCUT2D eigenvalue weighted by Gasteiger charge is -2.32. The molecule has 2 heterocycles. The summed E-state index contributed by atoms with van der Waals surface area (Å²) in [6.45, 7) is 9.75. The average Bonchev–Trinajstić information content (AvgIpc) is 2.77. The fourth-order valence-electron chi connectivity index (χ4n) is 2.55. The summed E-state index contributed by atoms with van der Waals surface area (Å²) in [6, 6.07) is 3.30. The van der Waals surface area contributed by atoms with Gasteiger partial charge in [-0.1, -0.05) is 20.3 Å². The van der Waals surface area contributed by atoms with Gasteiger partial charge in [0.1, 0.15) is 5.76 Å². The Bertz CT molecular complexity index is 359. The van der Waals surface area contributed by atoms with E-state index in [0.717, 1.165) is 18.8 Å². The highest BCUT2D eigenvalue weighted by molar-refractivity contribution is 5.17. The first-order chi connectivity index (χ1) is 8.66. The summed E-state index contributed by atoms with van der Waals surface area (Å²) < 4.78 is 5.67. The Labute approximate surface area is 111 Å². The average molecular weight is 250 g/mol. The fraction of sp³-hybridized carbons (Fsp3) is 0.733. The predicted molar refractivity (Wildman–Crippen MR) is 74.4 cm³/mol. The van der Waals surface area contributed by atoms with Crippen LogP contribution in [0.2, 0.25) is 0 Å². The predicted octanol–water partition coefficient (Wildman–Crippen LogP) is 3.15. The molecule has 0 aliphatic carbocycles. The molecule has 1 aromatic rings. The first kappa shape index (κ1) is 13.6. The van der Waals surface area contributed by atoms with Crippen molar-refractivity contribution in [3.63, 3.8) is 0 Å². The highest BCUT2D eigenvalue weighted by atomic mass is 16.3. The minimum absolute atomic E-state index is 0.515. The van der Waals surface area contributed by atoms with Crippen LogP contribution in [0.4, 0.5) is 0 Å². The van der Waals surface area contributed by atoms with Crippen molar-refractivity contribution in [2.45, 2.75) is 65.2 Å². The quantitative estimate of drug-likeness (QED) is 0.870. The molecule has 18 heavy (non-hydrogen) atoms. The molecule has 3 nitrogen and oxygen atoms in total. The molecule has 1 unspecified atom stereocenters. The van der Waals surface area contributed by atoms with Crippen LogP contribution in [0.15, 0.2) is 16.7 Å². The van der Waals surface area contributed by atoms with Gasteiger partial charge in [-0.25, -0.2) is 0 Å². The summed E-state index contributed by atoms with van der Waals surface area (Å²) in [5, 5.41) is 3.46. The number of nitrogens with zero attached hydrogens (tertiary/aromatic N) is 1. The maximum Gasteiger partial charge on any atom is 0.122 e. The highest BCUT2D eigenvalue weighted by Crippen LogP contribution is 2.21. The SMILES string of the molecule is CC(C)NCc1ccoc1CN1CCCCC1C. The largest absolute Gasteiger partial charge is 0.468 e. The second-order valence-corrected chi connectivity index (χ2v) is 5.72. The third kappa shape index (κ3) is 3.59. The van der Waals surface area contributed by atoms with E-state index in [4.69, 9.17) is 4.42 Å². The fourth-order valence-corrected chi connectivity index (χ4v) is 2.55. The lowest BCUT2D eigenvalue weighted by molar-refractivity contribution is 0.141. The molecule has 1 aliphatic heterocycles. The van der Waals surface area contributed by atoms with Gasteiger partial charge >= 0.3 is 0 Å². The van der Waals surface area contributed by atoms with E-state index in [-0.39, 0.29) is 0 Å². The van der Waals surface area contributed by atoms with Gasteiger partial charge in [0.05, 0.1) is 12.8 Å². The van der Waals surface area contributed by atoms with Gasteiger partial charge in [0.2, 0.25) is 0 Å². The Morgan fingerprint density at radius 2 is 2.28 bits per heavy atom. The van der Waals surface area contributed by atoms with Crippen LogP contribution in [0.5, 0.6) is 0 Å². The zero-order valence-corrected chi connectivity index (χ0v) is 11.9. The summed E-state index contributed by atoms with van der Waals surface area (Å²) in [5.41, 5.74) is 1.31. The van der Waals surface area contributed by atoms with Crippen LogP contribution in [-0.4, -0.2) is 23.5 Å². The first-order valence-corrected chi connectivity index (χ1v) is 7.19. The van der Waals surface area contributed by atoms with Crippen LogP contribution in [0.1, 0.15) is 51.4 Å². The van der Waals surface area contributed by atoms with Crippen molar-refractivity contribution in [3.8, 4) is 0 Å². The Kier molecular flexibility index (Phi) is 4.84. The van der Waals surface area contributed by atoms with E-state index < -0.39 is 0 Å². The van der Waals surface area contributed by atoms with Crippen LogP contribution in [0, 0.1) is 0 Å². The van der Waals surface area contributed by atoms with E-state index >= 15 is 0 Å². The third-order valence-corrected chi connectivity index (χ3v) is 3.83. The Morgan fingerprint density at radius 3 is 3.00 bits per heavy atom. The lowest BCUT2D eigenvalue weighted by atomic mass is 10.0. The molecule has 102 valence electrons. The molecule has 0 radical (unpaired) electrons. The van der Waals surface area contributed by atoms with Gasteiger partial charge in [0.25, 0.3) is 0 Å². The Hall–Kier alpha value is -0.800. The lowest BCUT2D eigenvalue weighted by Crippen LogP contribution is -2.37. The highest BCUT2D eigenvalue weighted by Gasteiger charge is 2.20. The van der Waals surface area contributed by atoms with E-state index in [0.29, 0.717) is 12.1 Å². The van der Waals surface area contributed by atoms with Crippen LogP contribution in [0.3, 0.4) is 0 Å². The molecule has 1 atom stereocenters. The Morgan fingerprint density at radius 1 is 1.44 bits per heavy atom. The molecule has 3 heteroatoms. The molecule has 1 aromatic heterocycles. The van der Waals surface area contributed by atoms with E-state index in [1.807, 2.05) is 6.26 Å². The maximum absolute atomic E-state index is 5.67. The smallest absolute Gasteiger partial charge is 0.122 e. The van der Waals surface area contributed by atoms with E-state index in [1.54, 1.807) is 0 Å². The van der Waals surface area contributed by atoms with E-state index in [9.17, 15) is 0 Å². The van der Waals surface area contributed by atoms with Crippen molar-refractivity contribution in [1.82, 2.24) is 10.2 Å². The van der Waals surface area contributed by atoms with Gasteiger partial charge in [-0.3, -0.25) is 4.90 Å². The molecular formula is C15H26N2O. The van der Waals surface area contributed by atoms with Crippen LogP contribution >= 0.6 is 0 Å². The van der Waals surface area contributed by atoms with E-state index in [2.05, 4.69) is 37.1 Å². The topological polar surface area (TPSA) is 28.4 Å². The molecule has 1 fully saturated rings. The molecule has 0 saturated carbocycles. The van der Waals surface area contributed by atoms with E-state index in [1.165, 1.54) is 31.4 Å². The van der Waals surface area contributed by atoms with Crippen LogP contribution in [-0.2, 0) is 13.1 Å². The summed E-state index contributed by atoms with van der Waals surface area (Å²) in [6.07, 6.45) is 5.84. The summed E-state index contributed by atoms with van der Waals surface area (Å²) in [5.74, 6) is 1.14.